The summed E-state index contributed by atoms with van der Waals surface area (Å²) < 4.78 is 46.2. The molecule has 2 rings (SSSR count). The van der Waals surface area contributed by atoms with Crippen molar-refractivity contribution in [3.63, 3.8) is 0 Å². The van der Waals surface area contributed by atoms with Crippen LogP contribution >= 0.6 is 0 Å². The lowest BCUT2D eigenvalue weighted by molar-refractivity contribution is -0.118. The van der Waals surface area contributed by atoms with Crippen molar-refractivity contribution in [3.05, 3.63) is 0 Å². The molecule has 2 heterocycles. The first-order chi connectivity index (χ1) is 7.34. The normalized spacial score (nSPS) is 36.2. The van der Waals surface area contributed by atoms with E-state index in [1.165, 1.54) is 0 Å². The minimum atomic E-state index is -3.39. The van der Waals surface area contributed by atoms with Crippen LogP contribution in [0.1, 0.15) is 25.7 Å². The van der Waals surface area contributed by atoms with E-state index in [2.05, 4.69) is 0 Å². The van der Waals surface area contributed by atoms with Gasteiger partial charge in [-0.05, 0) is 25.7 Å². The van der Waals surface area contributed by atoms with Crippen LogP contribution in [0.25, 0.3) is 0 Å². The van der Waals surface area contributed by atoms with Gasteiger partial charge < -0.3 is 0 Å². The van der Waals surface area contributed by atoms with Crippen molar-refractivity contribution in [2.24, 2.45) is 0 Å². The van der Waals surface area contributed by atoms with Crippen LogP contribution in [0.4, 0.5) is 0 Å². The van der Waals surface area contributed by atoms with Crippen LogP contribution in [-0.2, 0) is 24.5 Å². The minimum Gasteiger partial charge on any atom is -0.297 e. The van der Waals surface area contributed by atoms with Gasteiger partial charge in [0.2, 0.25) is 0 Å². The molecule has 16 heavy (non-hydrogen) atoms. The number of rotatable bonds is 2. The Morgan fingerprint density at radius 1 is 0.812 bits per heavy atom. The first-order valence-electron chi connectivity index (χ1n) is 5.31. The number of hydrogen-bond donors (Lipinski definition) is 0. The summed E-state index contributed by atoms with van der Waals surface area (Å²) in [5.41, 5.74) is 0. The Kier molecular flexibility index (Phi) is 2.86. The largest absolute Gasteiger partial charge is 0.297 e. The van der Waals surface area contributed by atoms with Crippen molar-refractivity contribution < 1.29 is 21.6 Å². The fourth-order valence-electron chi connectivity index (χ4n) is 2.43. The SMILES string of the molecule is O=C(C1CCCS1(=O)=O)C1CCCS1(=O)=O. The zero-order valence-electron chi connectivity index (χ0n) is 8.76. The standard InChI is InChI=1S/C9H14O5S2/c10-9(7-3-1-5-15(7,11)12)8-4-2-6-16(8,13)14/h7-8H,1-6H2. The second-order valence-corrected chi connectivity index (χ2v) is 9.00. The van der Waals surface area contributed by atoms with Crippen LogP contribution in [0.2, 0.25) is 0 Å². The van der Waals surface area contributed by atoms with E-state index in [1.807, 2.05) is 0 Å². The molecular formula is C9H14O5S2. The Morgan fingerprint density at radius 3 is 1.44 bits per heavy atom. The highest BCUT2D eigenvalue weighted by Gasteiger charge is 2.46. The number of sulfone groups is 2. The van der Waals surface area contributed by atoms with E-state index in [0.29, 0.717) is 12.8 Å². The van der Waals surface area contributed by atoms with Gasteiger partial charge >= 0.3 is 0 Å². The van der Waals surface area contributed by atoms with Crippen LogP contribution < -0.4 is 0 Å². The second kappa shape index (κ2) is 3.80. The van der Waals surface area contributed by atoms with Gasteiger partial charge in [-0.15, -0.1) is 0 Å². The predicted molar refractivity (Wildman–Crippen MR) is 58.6 cm³/mol. The number of carbonyl (C=O) groups excluding carboxylic acids is 1. The number of carbonyl (C=O) groups is 1. The van der Waals surface area contributed by atoms with Crippen LogP contribution in [0.5, 0.6) is 0 Å². The first-order valence-corrected chi connectivity index (χ1v) is 8.74. The summed E-state index contributed by atoms with van der Waals surface area (Å²) in [6.07, 6.45) is 1.50. The highest BCUT2D eigenvalue weighted by Crippen LogP contribution is 2.28. The molecule has 7 heteroatoms. The Balaban J connectivity index is 2.27. The molecule has 2 atom stereocenters. The van der Waals surface area contributed by atoms with E-state index < -0.39 is 36.0 Å². The molecule has 92 valence electrons. The lowest BCUT2D eigenvalue weighted by atomic mass is 10.1. The van der Waals surface area contributed by atoms with Gasteiger partial charge in [0.05, 0.1) is 11.5 Å². The summed E-state index contributed by atoms with van der Waals surface area (Å²) in [7, 11) is -6.78. The van der Waals surface area contributed by atoms with Crippen molar-refractivity contribution >= 4 is 25.5 Å². The highest BCUT2D eigenvalue weighted by atomic mass is 32.2. The van der Waals surface area contributed by atoms with Gasteiger partial charge in [-0.2, -0.15) is 0 Å². The smallest absolute Gasteiger partial charge is 0.169 e. The van der Waals surface area contributed by atoms with Crippen LogP contribution in [0.3, 0.4) is 0 Å². The van der Waals surface area contributed by atoms with Gasteiger partial charge in [-0.1, -0.05) is 0 Å². The lowest BCUT2D eigenvalue weighted by Crippen LogP contribution is -2.37. The van der Waals surface area contributed by atoms with Gasteiger partial charge in [-0.25, -0.2) is 16.8 Å². The van der Waals surface area contributed by atoms with E-state index in [9.17, 15) is 21.6 Å². The van der Waals surface area contributed by atoms with Crippen molar-refractivity contribution in [3.8, 4) is 0 Å². The number of ketones is 1. The molecule has 0 aromatic rings. The number of Topliss-reactive ketones (excluding diaryl/α,β-unsaturated/α-hetero) is 1. The van der Waals surface area contributed by atoms with E-state index >= 15 is 0 Å². The van der Waals surface area contributed by atoms with E-state index in [-0.39, 0.29) is 24.3 Å². The van der Waals surface area contributed by atoms with Crippen molar-refractivity contribution in [2.75, 3.05) is 11.5 Å². The maximum atomic E-state index is 11.9. The van der Waals surface area contributed by atoms with Gasteiger partial charge in [0.25, 0.3) is 0 Å². The molecule has 0 saturated carbocycles. The molecule has 5 nitrogen and oxygen atoms in total. The minimum absolute atomic E-state index is 0.0101. The van der Waals surface area contributed by atoms with Crippen molar-refractivity contribution in [1.82, 2.24) is 0 Å². The Morgan fingerprint density at radius 2 is 1.19 bits per heavy atom. The predicted octanol–water partition coefficient (Wildman–Crippen LogP) is -0.290. The second-order valence-electron chi connectivity index (χ2n) is 4.40. The molecule has 0 spiro atoms. The monoisotopic (exact) mass is 266 g/mol. The first kappa shape index (κ1) is 12.0. The van der Waals surface area contributed by atoms with Crippen molar-refractivity contribution in [2.45, 2.75) is 36.2 Å². The Bertz CT molecular complexity index is 456. The zero-order chi connectivity index (χ0) is 12.0. The lowest BCUT2D eigenvalue weighted by Gasteiger charge is -2.13. The average molecular weight is 266 g/mol. The van der Waals surface area contributed by atoms with Gasteiger partial charge in [-0.3, -0.25) is 4.79 Å². The van der Waals surface area contributed by atoms with E-state index in [4.69, 9.17) is 0 Å². The molecule has 2 aliphatic rings. The molecule has 0 aliphatic carbocycles. The number of hydrogen-bond acceptors (Lipinski definition) is 5. The summed E-state index contributed by atoms with van der Waals surface area (Å²) in [4.78, 5) is 11.9. The molecule has 0 N–H and O–H groups in total. The molecule has 2 unspecified atom stereocenters. The third-order valence-electron chi connectivity index (χ3n) is 3.29. The van der Waals surface area contributed by atoms with Crippen molar-refractivity contribution in [1.29, 1.82) is 0 Å². The summed E-state index contributed by atoms with van der Waals surface area (Å²) in [5, 5.41) is -2.13. The Labute approximate surface area is 95.1 Å². The summed E-state index contributed by atoms with van der Waals surface area (Å²) in [6.45, 7) is 0. The molecule has 2 aliphatic heterocycles. The molecule has 0 aromatic carbocycles. The maximum Gasteiger partial charge on any atom is 0.169 e. The van der Waals surface area contributed by atoms with Crippen LogP contribution in [-0.4, -0.2) is 44.6 Å². The molecule has 0 radical (unpaired) electrons. The topological polar surface area (TPSA) is 85.3 Å². The zero-order valence-corrected chi connectivity index (χ0v) is 10.4. The van der Waals surface area contributed by atoms with Crippen LogP contribution in [0.15, 0.2) is 0 Å². The summed E-state index contributed by atoms with van der Waals surface area (Å²) >= 11 is 0. The van der Waals surface area contributed by atoms with E-state index in [0.717, 1.165) is 0 Å². The van der Waals surface area contributed by atoms with Crippen LogP contribution in [0, 0.1) is 0 Å². The molecular weight excluding hydrogens is 252 g/mol. The fourth-order valence-corrected chi connectivity index (χ4v) is 6.31. The summed E-state index contributed by atoms with van der Waals surface area (Å²) in [5.74, 6) is -0.568. The third-order valence-corrected chi connectivity index (χ3v) is 7.68. The van der Waals surface area contributed by atoms with Gasteiger partial charge in [0, 0.05) is 0 Å². The molecule has 2 saturated heterocycles. The molecule has 0 bridgehead atoms. The molecule has 2 fully saturated rings. The third kappa shape index (κ3) is 1.90. The Hall–Kier alpha value is -0.430. The average Bonchev–Trinajstić information content (AvgIpc) is 2.67. The highest BCUT2D eigenvalue weighted by molar-refractivity contribution is 7.94. The summed E-state index contributed by atoms with van der Waals surface area (Å²) in [6, 6.07) is 0. The molecule has 0 amide bonds. The fraction of sp³-hybridized carbons (Fsp3) is 0.889. The van der Waals surface area contributed by atoms with E-state index in [1.54, 1.807) is 0 Å². The molecule has 0 aromatic heterocycles. The van der Waals surface area contributed by atoms with Gasteiger partial charge in [0.1, 0.15) is 10.5 Å². The van der Waals surface area contributed by atoms with Gasteiger partial charge in [0.15, 0.2) is 25.5 Å². The maximum absolute atomic E-state index is 11.9. The quantitative estimate of drug-likeness (QED) is 0.685.